The van der Waals surface area contributed by atoms with Crippen molar-refractivity contribution in [1.82, 2.24) is 0 Å². The summed E-state index contributed by atoms with van der Waals surface area (Å²) < 4.78 is 0. The fourth-order valence-electron chi connectivity index (χ4n) is 2.94. The Kier molecular flexibility index (Phi) is 2.86. The number of benzene rings is 2. The number of anilines is 3. The van der Waals surface area contributed by atoms with Crippen LogP contribution < -0.4 is 16.4 Å². The van der Waals surface area contributed by atoms with Gasteiger partial charge in [0.1, 0.15) is 0 Å². The number of carbonyl (C=O) groups is 1. The zero-order valence-corrected chi connectivity index (χ0v) is 11.3. The van der Waals surface area contributed by atoms with Crippen LogP contribution in [0.4, 0.5) is 17.1 Å². The van der Waals surface area contributed by atoms with Crippen molar-refractivity contribution < 1.29 is 4.79 Å². The Balaban J connectivity index is 2.22. The molecule has 1 aliphatic heterocycles. The fourth-order valence-corrected chi connectivity index (χ4v) is 2.94. The Hall–Kier alpha value is -2.49. The van der Waals surface area contributed by atoms with E-state index in [0.29, 0.717) is 11.3 Å². The highest BCUT2D eigenvalue weighted by atomic mass is 16.1. The van der Waals surface area contributed by atoms with Gasteiger partial charge in [-0.25, -0.2) is 0 Å². The first-order valence-electron chi connectivity index (χ1n) is 6.65. The fraction of sp³-hybridized carbons (Fsp3) is 0.188. The molecule has 0 aliphatic carbocycles. The second-order valence-electron chi connectivity index (χ2n) is 5.16. The lowest BCUT2D eigenvalue weighted by Crippen LogP contribution is -2.28. The molecule has 102 valence electrons. The van der Waals surface area contributed by atoms with E-state index < -0.39 is 5.91 Å². The quantitative estimate of drug-likeness (QED) is 0.821. The van der Waals surface area contributed by atoms with Crippen LogP contribution in [-0.2, 0) is 6.42 Å². The van der Waals surface area contributed by atoms with Crippen LogP contribution >= 0.6 is 0 Å². The van der Waals surface area contributed by atoms with Gasteiger partial charge in [0.25, 0.3) is 5.91 Å². The van der Waals surface area contributed by atoms with Crippen LogP contribution in [-0.4, -0.2) is 11.9 Å². The maximum atomic E-state index is 11.7. The molecule has 0 aromatic heterocycles. The van der Waals surface area contributed by atoms with Crippen molar-refractivity contribution in [3.8, 4) is 0 Å². The monoisotopic (exact) mass is 267 g/mol. The number of nitrogens with zero attached hydrogens (tertiary/aromatic N) is 1. The van der Waals surface area contributed by atoms with Gasteiger partial charge in [-0.15, -0.1) is 0 Å². The second-order valence-corrected chi connectivity index (χ2v) is 5.16. The van der Waals surface area contributed by atoms with Crippen LogP contribution in [0.3, 0.4) is 0 Å². The minimum atomic E-state index is -0.455. The highest BCUT2D eigenvalue weighted by Crippen LogP contribution is 2.42. The SMILES string of the molecule is CC1Cc2ccccc2N1c1c(N)cccc1C(N)=O. The summed E-state index contributed by atoms with van der Waals surface area (Å²) in [5, 5.41) is 0. The maximum Gasteiger partial charge on any atom is 0.250 e. The van der Waals surface area contributed by atoms with Gasteiger partial charge < -0.3 is 16.4 Å². The molecule has 0 saturated heterocycles. The number of para-hydroxylation sites is 2. The molecule has 4 heteroatoms. The maximum absolute atomic E-state index is 11.7. The van der Waals surface area contributed by atoms with Crippen molar-refractivity contribution in [1.29, 1.82) is 0 Å². The minimum absolute atomic E-state index is 0.246. The Morgan fingerprint density at radius 2 is 1.95 bits per heavy atom. The van der Waals surface area contributed by atoms with Gasteiger partial charge in [0.15, 0.2) is 0 Å². The number of hydrogen-bond acceptors (Lipinski definition) is 3. The Morgan fingerprint density at radius 3 is 2.70 bits per heavy atom. The summed E-state index contributed by atoms with van der Waals surface area (Å²) in [6.45, 7) is 2.12. The number of amides is 1. The van der Waals surface area contributed by atoms with Crippen molar-refractivity contribution in [3.63, 3.8) is 0 Å². The highest BCUT2D eigenvalue weighted by molar-refractivity contribution is 6.03. The largest absolute Gasteiger partial charge is 0.397 e. The molecule has 0 bridgehead atoms. The van der Waals surface area contributed by atoms with Gasteiger partial charge in [0, 0.05) is 11.7 Å². The van der Waals surface area contributed by atoms with Gasteiger partial charge in [0.05, 0.1) is 16.9 Å². The first-order chi connectivity index (χ1) is 9.59. The molecular formula is C16H17N3O. The molecule has 0 radical (unpaired) electrons. The normalized spacial score (nSPS) is 17.1. The molecule has 0 saturated carbocycles. The number of nitrogen functional groups attached to an aromatic ring is 1. The lowest BCUT2D eigenvalue weighted by atomic mass is 10.1. The third-order valence-corrected chi connectivity index (χ3v) is 3.78. The first kappa shape index (κ1) is 12.5. The Bertz CT molecular complexity index is 681. The van der Waals surface area contributed by atoms with Crippen LogP contribution in [0.15, 0.2) is 42.5 Å². The summed E-state index contributed by atoms with van der Waals surface area (Å²) in [4.78, 5) is 13.8. The summed E-state index contributed by atoms with van der Waals surface area (Å²) in [6, 6.07) is 13.7. The number of carbonyl (C=O) groups excluding carboxylic acids is 1. The van der Waals surface area contributed by atoms with Crippen LogP contribution in [0.5, 0.6) is 0 Å². The van der Waals surface area contributed by atoms with Crippen molar-refractivity contribution >= 4 is 23.0 Å². The lowest BCUT2D eigenvalue weighted by Gasteiger charge is -2.28. The number of fused-ring (bicyclic) bond motifs is 1. The number of primary amides is 1. The van der Waals surface area contributed by atoms with E-state index >= 15 is 0 Å². The van der Waals surface area contributed by atoms with Crippen molar-refractivity contribution in [3.05, 3.63) is 53.6 Å². The average molecular weight is 267 g/mol. The van der Waals surface area contributed by atoms with E-state index in [1.807, 2.05) is 12.1 Å². The topological polar surface area (TPSA) is 72.3 Å². The number of rotatable bonds is 2. The van der Waals surface area contributed by atoms with Gasteiger partial charge in [-0.3, -0.25) is 4.79 Å². The van der Waals surface area contributed by atoms with Crippen molar-refractivity contribution in [2.45, 2.75) is 19.4 Å². The van der Waals surface area contributed by atoms with E-state index in [1.165, 1.54) is 5.56 Å². The third kappa shape index (κ3) is 1.81. The number of nitrogens with two attached hydrogens (primary N) is 2. The molecule has 20 heavy (non-hydrogen) atoms. The van der Waals surface area contributed by atoms with Crippen molar-refractivity contribution in [2.24, 2.45) is 5.73 Å². The van der Waals surface area contributed by atoms with Crippen LogP contribution in [0.1, 0.15) is 22.8 Å². The highest BCUT2D eigenvalue weighted by Gasteiger charge is 2.30. The van der Waals surface area contributed by atoms with Crippen LogP contribution in [0.25, 0.3) is 0 Å². The van der Waals surface area contributed by atoms with E-state index in [-0.39, 0.29) is 6.04 Å². The van der Waals surface area contributed by atoms with Gasteiger partial charge in [-0.2, -0.15) is 0 Å². The Labute approximate surface area is 118 Å². The molecule has 1 unspecified atom stereocenters. The molecule has 2 aromatic rings. The average Bonchev–Trinajstić information content (AvgIpc) is 2.74. The summed E-state index contributed by atoms with van der Waals surface area (Å²) >= 11 is 0. The predicted octanol–water partition coefficient (Wildman–Crippen LogP) is 2.45. The summed E-state index contributed by atoms with van der Waals surface area (Å²) in [7, 11) is 0. The minimum Gasteiger partial charge on any atom is -0.397 e. The van der Waals surface area contributed by atoms with E-state index in [0.717, 1.165) is 17.8 Å². The molecule has 4 N–H and O–H groups in total. The van der Waals surface area contributed by atoms with E-state index in [1.54, 1.807) is 18.2 Å². The summed E-state index contributed by atoms with van der Waals surface area (Å²) in [5.41, 5.74) is 15.7. The molecule has 0 spiro atoms. The van der Waals surface area contributed by atoms with Gasteiger partial charge in [-0.05, 0) is 37.1 Å². The zero-order chi connectivity index (χ0) is 14.3. The standard InChI is InChI=1S/C16H17N3O/c1-10-9-11-5-2-3-8-14(11)19(10)15-12(16(18)20)6-4-7-13(15)17/h2-8,10H,9,17H2,1H3,(H2,18,20). The smallest absolute Gasteiger partial charge is 0.250 e. The molecule has 1 amide bonds. The molecule has 1 heterocycles. The van der Waals surface area contributed by atoms with Crippen LogP contribution in [0, 0.1) is 0 Å². The zero-order valence-electron chi connectivity index (χ0n) is 11.3. The second kappa shape index (κ2) is 4.56. The molecular weight excluding hydrogens is 250 g/mol. The van der Waals surface area contributed by atoms with Gasteiger partial charge >= 0.3 is 0 Å². The molecule has 1 atom stereocenters. The van der Waals surface area contributed by atoms with Gasteiger partial charge in [0.2, 0.25) is 0 Å². The third-order valence-electron chi connectivity index (χ3n) is 3.78. The Morgan fingerprint density at radius 1 is 1.20 bits per heavy atom. The van der Waals surface area contributed by atoms with E-state index in [4.69, 9.17) is 11.5 Å². The lowest BCUT2D eigenvalue weighted by molar-refractivity contribution is 0.100. The first-order valence-corrected chi connectivity index (χ1v) is 6.65. The summed E-state index contributed by atoms with van der Waals surface area (Å²) in [6.07, 6.45) is 0.933. The van der Waals surface area contributed by atoms with E-state index in [9.17, 15) is 4.79 Å². The van der Waals surface area contributed by atoms with Crippen LogP contribution in [0.2, 0.25) is 0 Å². The molecule has 2 aromatic carbocycles. The summed E-state index contributed by atoms with van der Waals surface area (Å²) in [5.74, 6) is -0.455. The van der Waals surface area contributed by atoms with Gasteiger partial charge in [-0.1, -0.05) is 24.3 Å². The predicted molar refractivity (Wildman–Crippen MR) is 81.1 cm³/mol. The van der Waals surface area contributed by atoms with Crippen molar-refractivity contribution in [2.75, 3.05) is 10.6 Å². The molecule has 4 nitrogen and oxygen atoms in total. The number of hydrogen-bond donors (Lipinski definition) is 2. The molecule has 3 rings (SSSR count). The molecule has 1 aliphatic rings. The molecule has 0 fully saturated rings. The van der Waals surface area contributed by atoms with E-state index in [2.05, 4.69) is 24.0 Å².